The first-order valence-corrected chi connectivity index (χ1v) is 7.42. The van der Waals surface area contributed by atoms with E-state index in [-0.39, 0.29) is 42.4 Å². The van der Waals surface area contributed by atoms with Crippen LogP contribution in [0, 0.1) is 11.7 Å². The first kappa shape index (κ1) is 22.1. The average Bonchev–Trinajstić information content (AvgIpc) is 2.51. The van der Waals surface area contributed by atoms with E-state index in [0.717, 1.165) is 0 Å². The van der Waals surface area contributed by atoms with Gasteiger partial charge < -0.3 is 21.1 Å². The van der Waals surface area contributed by atoms with Crippen LogP contribution in [0.25, 0.3) is 0 Å². The second kappa shape index (κ2) is 10.1. The maximum Gasteiger partial charge on any atom is 0.239 e. The number of ether oxygens (including phenoxy) is 1. The number of nitrogens with one attached hydrogen (secondary N) is 2. The van der Waals surface area contributed by atoms with Gasteiger partial charge in [-0.25, -0.2) is 4.39 Å². The van der Waals surface area contributed by atoms with Crippen LogP contribution in [0.4, 0.5) is 4.39 Å². The standard InChI is InChI=1S/C16H24FN3O3.ClH/c1-9(2)15(18)16(22)19-8-14(21)20-10(3)11-5-6-13(23-4)12(17)7-11;/h5-7,9-10,15H,8,18H2,1-4H3,(H,19,22)(H,20,21);1H/t10?,15-;/m0./s1. The van der Waals surface area contributed by atoms with Gasteiger partial charge in [0.25, 0.3) is 0 Å². The number of rotatable bonds is 7. The van der Waals surface area contributed by atoms with Gasteiger partial charge in [0, 0.05) is 0 Å². The molecule has 0 aliphatic heterocycles. The lowest BCUT2D eigenvalue weighted by atomic mass is 10.1. The van der Waals surface area contributed by atoms with E-state index in [9.17, 15) is 14.0 Å². The summed E-state index contributed by atoms with van der Waals surface area (Å²) in [6.45, 7) is 5.19. The Bertz CT molecular complexity index is 569. The van der Waals surface area contributed by atoms with Gasteiger partial charge >= 0.3 is 0 Å². The molecule has 1 aromatic rings. The minimum Gasteiger partial charge on any atom is -0.494 e. The van der Waals surface area contributed by atoms with E-state index in [4.69, 9.17) is 10.5 Å². The van der Waals surface area contributed by atoms with Crippen LogP contribution in [0.2, 0.25) is 0 Å². The van der Waals surface area contributed by atoms with E-state index in [1.54, 1.807) is 13.0 Å². The number of halogens is 2. The normalized spacial score (nSPS) is 12.8. The van der Waals surface area contributed by atoms with E-state index in [1.807, 2.05) is 13.8 Å². The monoisotopic (exact) mass is 361 g/mol. The predicted octanol–water partition coefficient (Wildman–Crippen LogP) is 1.53. The highest BCUT2D eigenvalue weighted by molar-refractivity contribution is 5.87. The summed E-state index contributed by atoms with van der Waals surface area (Å²) in [6.07, 6.45) is 0. The number of hydrogen-bond donors (Lipinski definition) is 3. The van der Waals surface area contributed by atoms with Gasteiger partial charge in [-0.1, -0.05) is 19.9 Å². The molecule has 0 fully saturated rings. The zero-order valence-corrected chi connectivity index (χ0v) is 15.1. The lowest BCUT2D eigenvalue weighted by molar-refractivity contribution is -0.127. The van der Waals surface area contributed by atoms with Gasteiger partial charge in [0.2, 0.25) is 11.8 Å². The molecule has 0 aliphatic carbocycles. The maximum absolute atomic E-state index is 13.7. The second-order valence-electron chi connectivity index (χ2n) is 5.67. The summed E-state index contributed by atoms with van der Waals surface area (Å²) in [4.78, 5) is 23.5. The molecule has 0 radical (unpaired) electrons. The van der Waals surface area contributed by atoms with Gasteiger partial charge in [-0.15, -0.1) is 12.4 Å². The molecular formula is C16H25ClFN3O3. The topological polar surface area (TPSA) is 93.5 Å². The average molecular weight is 362 g/mol. The molecule has 0 aliphatic rings. The number of hydrogen-bond acceptors (Lipinski definition) is 4. The third-order valence-electron chi connectivity index (χ3n) is 3.50. The quantitative estimate of drug-likeness (QED) is 0.686. The Kier molecular flexibility index (Phi) is 9.32. The summed E-state index contributed by atoms with van der Waals surface area (Å²) in [6, 6.07) is 3.41. The van der Waals surface area contributed by atoms with Crippen LogP contribution in [0.3, 0.4) is 0 Å². The molecule has 0 saturated heterocycles. The largest absolute Gasteiger partial charge is 0.494 e. The smallest absolute Gasteiger partial charge is 0.239 e. The highest BCUT2D eigenvalue weighted by Crippen LogP contribution is 2.21. The molecule has 1 unspecified atom stereocenters. The molecule has 0 heterocycles. The summed E-state index contributed by atoms with van der Waals surface area (Å²) < 4.78 is 18.5. The van der Waals surface area contributed by atoms with Crippen molar-refractivity contribution in [3.63, 3.8) is 0 Å². The van der Waals surface area contributed by atoms with Gasteiger partial charge in [-0.2, -0.15) is 0 Å². The fourth-order valence-electron chi connectivity index (χ4n) is 1.92. The first-order valence-electron chi connectivity index (χ1n) is 7.42. The molecule has 24 heavy (non-hydrogen) atoms. The SMILES string of the molecule is COc1ccc(C(C)NC(=O)CNC(=O)[C@@H](N)C(C)C)cc1F.Cl. The van der Waals surface area contributed by atoms with Crippen molar-refractivity contribution in [2.45, 2.75) is 32.9 Å². The molecule has 136 valence electrons. The molecule has 4 N–H and O–H groups in total. The number of carbonyl (C=O) groups excluding carboxylic acids is 2. The van der Waals surface area contributed by atoms with E-state index in [2.05, 4.69) is 10.6 Å². The van der Waals surface area contributed by atoms with Crippen LogP contribution >= 0.6 is 12.4 Å². The van der Waals surface area contributed by atoms with E-state index >= 15 is 0 Å². The van der Waals surface area contributed by atoms with E-state index < -0.39 is 17.9 Å². The Hall–Kier alpha value is -1.86. The fourth-order valence-corrected chi connectivity index (χ4v) is 1.92. The van der Waals surface area contributed by atoms with Crippen molar-refractivity contribution < 1.29 is 18.7 Å². The van der Waals surface area contributed by atoms with Gasteiger partial charge in [0.15, 0.2) is 11.6 Å². The Balaban J connectivity index is 0.00000529. The molecule has 1 aromatic carbocycles. The van der Waals surface area contributed by atoms with Crippen molar-refractivity contribution in [3.05, 3.63) is 29.6 Å². The van der Waals surface area contributed by atoms with Crippen LogP contribution in [0.1, 0.15) is 32.4 Å². The molecule has 2 atom stereocenters. The number of carbonyl (C=O) groups is 2. The Labute approximate surface area is 147 Å². The third kappa shape index (κ3) is 6.33. The van der Waals surface area contributed by atoms with Crippen molar-refractivity contribution in [3.8, 4) is 5.75 Å². The molecular weight excluding hydrogens is 337 g/mol. The lowest BCUT2D eigenvalue weighted by Gasteiger charge is -2.17. The molecule has 0 aromatic heterocycles. The third-order valence-corrected chi connectivity index (χ3v) is 3.50. The highest BCUT2D eigenvalue weighted by Gasteiger charge is 2.18. The summed E-state index contributed by atoms with van der Waals surface area (Å²) in [7, 11) is 1.38. The van der Waals surface area contributed by atoms with Crippen molar-refractivity contribution >= 4 is 24.2 Å². The summed E-state index contributed by atoms with van der Waals surface area (Å²) in [5.74, 6) is -1.12. The van der Waals surface area contributed by atoms with Gasteiger partial charge in [-0.3, -0.25) is 9.59 Å². The van der Waals surface area contributed by atoms with Gasteiger partial charge in [0.1, 0.15) is 0 Å². The summed E-state index contributed by atoms with van der Waals surface area (Å²) in [5.41, 5.74) is 6.28. The molecule has 0 bridgehead atoms. The second-order valence-corrected chi connectivity index (χ2v) is 5.67. The predicted molar refractivity (Wildman–Crippen MR) is 92.6 cm³/mol. The molecule has 1 rings (SSSR count). The summed E-state index contributed by atoms with van der Waals surface area (Å²) in [5, 5.41) is 5.16. The van der Waals surface area contributed by atoms with Crippen molar-refractivity contribution in [1.29, 1.82) is 0 Å². The zero-order valence-electron chi connectivity index (χ0n) is 14.3. The summed E-state index contributed by atoms with van der Waals surface area (Å²) >= 11 is 0. The number of benzene rings is 1. The Morgan fingerprint density at radius 2 is 1.92 bits per heavy atom. The van der Waals surface area contributed by atoms with Crippen LogP contribution in [-0.4, -0.2) is 31.5 Å². The van der Waals surface area contributed by atoms with Crippen LogP contribution in [0.5, 0.6) is 5.75 Å². The van der Waals surface area contributed by atoms with E-state index in [0.29, 0.717) is 5.56 Å². The van der Waals surface area contributed by atoms with E-state index in [1.165, 1.54) is 19.2 Å². The highest BCUT2D eigenvalue weighted by atomic mass is 35.5. The number of amides is 2. The zero-order chi connectivity index (χ0) is 17.6. The minimum atomic E-state index is -0.657. The van der Waals surface area contributed by atoms with Crippen LogP contribution in [-0.2, 0) is 9.59 Å². The van der Waals surface area contributed by atoms with Crippen LogP contribution < -0.4 is 21.1 Å². The van der Waals surface area contributed by atoms with Crippen LogP contribution in [0.15, 0.2) is 18.2 Å². The Morgan fingerprint density at radius 1 is 1.29 bits per heavy atom. The molecule has 6 nitrogen and oxygen atoms in total. The molecule has 8 heteroatoms. The van der Waals surface area contributed by atoms with Gasteiger partial charge in [0.05, 0.1) is 25.7 Å². The van der Waals surface area contributed by atoms with Gasteiger partial charge in [-0.05, 0) is 30.5 Å². The Morgan fingerprint density at radius 3 is 2.42 bits per heavy atom. The van der Waals surface area contributed by atoms with Crippen molar-refractivity contribution in [1.82, 2.24) is 10.6 Å². The maximum atomic E-state index is 13.7. The van der Waals surface area contributed by atoms with Crippen molar-refractivity contribution in [2.24, 2.45) is 11.7 Å². The van der Waals surface area contributed by atoms with Crippen molar-refractivity contribution in [2.75, 3.05) is 13.7 Å². The molecule has 0 saturated carbocycles. The minimum absolute atomic E-state index is 0. The lowest BCUT2D eigenvalue weighted by Crippen LogP contribution is -2.47. The first-order chi connectivity index (χ1) is 10.8. The molecule has 0 spiro atoms. The number of nitrogens with two attached hydrogens (primary N) is 1. The fraction of sp³-hybridized carbons (Fsp3) is 0.500. The molecule has 2 amide bonds. The number of methoxy groups -OCH3 is 1.